The third-order valence-electron chi connectivity index (χ3n) is 5.42. The van der Waals surface area contributed by atoms with Gasteiger partial charge >= 0.3 is 0 Å². The summed E-state index contributed by atoms with van der Waals surface area (Å²) in [6, 6.07) is 12.6. The van der Waals surface area contributed by atoms with Gasteiger partial charge in [0.2, 0.25) is 11.8 Å². The standard InChI is InChI=1S/C21H21N3O4/c25-20-9-4-10-21(26)23(20)15-11-12-18(19(13-15)24(27)28)22-17-8-3-6-14-5-1-2-7-16(14)17/h1-2,5,7,11-13,17,22H,3-4,6,8-10H2/t17-/m0/s1. The number of nitrogens with one attached hydrogen (secondary N) is 1. The summed E-state index contributed by atoms with van der Waals surface area (Å²) in [5.74, 6) is -0.625. The molecule has 144 valence electrons. The molecule has 7 heteroatoms. The lowest BCUT2D eigenvalue weighted by molar-refractivity contribution is -0.383. The predicted octanol–water partition coefficient (Wildman–Crippen LogP) is 4.13. The average molecular weight is 379 g/mol. The number of benzene rings is 2. The number of carbonyl (C=O) groups excluding carboxylic acids is 2. The minimum absolute atomic E-state index is 0.00671. The minimum atomic E-state index is -0.473. The van der Waals surface area contributed by atoms with Crippen LogP contribution in [0.2, 0.25) is 0 Å². The number of aryl methyl sites for hydroxylation is 1. The number of rotatable bonds is 4. The Balaban J connectivity index is 1.66. The van der Waals surface area contributed by atoms with E-state index in [0.29, 0.717) is 12.1 Å². The van der Waals surface area contributed by atoms with Crippen molar-refractivity contribution in [3.8, 4) is 0 Å². The lowest BCUT2D eigenvalue weighted by Crippen LogP contribution is -2.40. The molecule has 1 atom stereocenters. The van der Waals surface area contributed by atoms with Crippen LogP contribution < -0.4 is 10.2 Å². The van der Waals surface area contributed by atoms with Crippen molar-refractivity contribution in [2.75, 3.05) is 10.2 Å². The molecule has 1 saturated heterocycles. The van der Waals surface area contributed by atoms with E-state index < -0.39 is 4.92 Å². The molecule has 0 saturated carbocycles. The van der Waals surface area contributed by atoms with Gasteiger partial charge in [-0.2, -0.15) is 0 Å². The van der Waals surface area contributed by atoms with E-state index in [2.05, 4.69) is 17.4 Å². The average Bonchev–Trinajstić information content (AvgIpc) is 2.69. The van der Waals surface area contributed by atoms with Crippen molar-refractivity contribution in [1.82, 2.24) is 0 Å². The van der Waals surface area contributed by atoms with Crippen LogP contribution in [0.1, 0.15) is 49.3 Å². The van der Waals surface area contributed by atoms with E-state index in [0.717, 1.165) is 29.7 Å². The van der Waals surface area contributed by atoms with Gasteiger partial charge in [-0.25, -0.2) is 0 Å². The van der Waals surface area contributed by atoms with Crippen molar-refractivity contribution < 1.29 is 14.5 Å². The second kappa shape index (κ2) is 7.42. The summed E-state index contributed by atoms with van der Waals surface area (Å²) in [6.45, 7) is 0. The summed E-state index contributed by atoms with van der Waals surface area (Å²) in [7, 11) is 0. The van der Waals surface area contributed by atoms with E-state index in [-0.39, 0.29) is 42.1 Å². The molecule has 28 heavy (non-hydrogen) atoms. The highest BCUT2D eigenvalue weighted by Gasteiger charge is 2.30. The Bertz CT molecular complexity index is 940. The van der Waals surface area contributed by atoms with Crippen LogP contribution in [0.4, 0.5) is 17.1 Å². The molecule has 7 nitrogen and oxygen atoms in total. The lowest BCUT2D eigenvalue weighted by atomic mass is 9.87. The van der Waals surface area contributed by atoms with Gasteiger partial charge in [-0.1, -0.05) is 24.3 Å². The summed E-state index contributed by atoms with van der Waals surface area (Å²) >= 11 is 0. The number of fused-ring (bicyclic) bond motifs is 1. The Morgan fingerprint density at radius 2 is 1.75 bits per heavy atom. The monoisotopic (exact) mass is 379 g/mol. The van der Waals surface area contributed by atoms with Gasteiger partial charge in [-0.3, -0.25) is 24.6 Å². The second-order valence-electron chi connectivity index (χ2n) is 7.22. The van der Waals surface area contributed by atoms with Crippen LogP contribution in [0, 0.1) is 10.1 Å². The number of carbonyl (C=O) groups is 2. The molecule has 1 fully saturated rings. The van der Waals surface area contributed by atoms with Crippen molar-refractivity contribution in [2.24, 2.45) is 0 Å². The van der Waals surface area contributed by atoms with E-state index >= 15 is 0 Å². The normalized spacial score (nSPS) is 19.3. The maximum Gasteiger partial charge on any atom is 0.294 e. The van der Waals surface area contributed by atoms with Crippen molar-refractivity contribution in [2.45, 2.75) is 44.6 Å². The van der Waals surface area contributed by atoms with E-state index in [1.807, 2.05) is 12.1 Å². The molecule has 2 aliphatic rings. The van der Waals surface area contributed by atoms with E-state index in [4.69, 9.17) is 0 Å². The van der Waals surface area contributed by atoms with Gasteiger partial charge in [-0.05, 0) is 48.9 Å². The minimum Gasteiger partial charge on any atom is -0.373 e. The summed E-state index contributed by atoms with van der Waals surface area (Å²) in [5.41, 5.74) is 2.94. The number of amides is 2. The topological polar surface area (TPSA) is 92.6 Å². The molecule has 1 aliphatic heterocycles. The number of piperidine rings is 1. The number of nitro groups is 1. The van der Waals surface area contributed by atoms with Crippen molar-refractivity contribution in [3.05, 3.63) is 63.7 Å². The number of nitrogens with zero attached hydrogens (tertiary/aromatic N) is 2. The lowest BCUT2D eigenvalue weighted by Gasteiger charge is -2.28. The van der Waals surface area contributed by atoms with Crippen LogP contribution in [0.3, 0.4) is 0 Å². The predicted molar refractivity (Wildman–Crippen MR) is 105 cm³/mol. The molecule has 1 aliphatic carbocycles. The number of imide groups is 1. The maximum absolute atomic E-state index is 12.1. The largest absolute Gasteiger partial charge is 0.373 e. The SMILES string of the molecule is O=C1CCCC(=O)N1c1ccc(N[C@H]2CCCc3ccccc32)c([N+](=O)[O-])c1. The smallest absolute Gasteiger partial charge is 0.294 e. The molecule has 1 N–H and O–H groups in total. The van der Waals surface area contributed by atoms with Crippen LogP contribution in [0.25, 0.3) is 0 Å². The summed E-state index contributed by atoms with van der Waals surface area (Å²) in [6.07, 6.45) is 3.98. The van der Waals surface area contributed by atoms with Crippen LogP contribution in [0.15, 0.2) is 42.5 Å². The van der Waals surface area contributed by atoms with Gasteiger partial charge in [0, 0.05) is 18.9 Å². The van der Waals surface area contributed by atoms with Gasteiger partial charge in [0.15, 0.2) is 0 Å². The first kappa shape index (κ1) is 18.2. The van der Waals surface area contributed by atoms with Crippen LogP contribution >= 0.6 is 0 Å². The highest BCUT2D eigenvalue weighted by atomic mass is 16.6. The first-order chi connectivity index (χ1) is 13.5. The Morgan fingerprint density at radius 3 is 2.50 bits per heavy atom. The second-order valence-corrected chi connectivity index (χ2v) is 7.22. The van der Waals surface area contributed by atoms with Crippen LogP contribution in [-0.4, -0.2) is 16.7 Å². The molecular weight excluding hydrogens is 358 g/mol. The number of anilines is 2. The fourth-order valence-corrected chi connectivity index (χ4v) is 4.07. The third-order valence-corrected chi connectivity index (χ3v) is 5.42. The molecule has 0 spiro atoms. The van der Waals surface area contributed by atoms with Crippen molar-refractivity contribution >= 4 is 28.9 Å². The van der Waals surface area contributed by atoms with Gasteiger partial charge in [-0.15, -0.1) is 0 Å². The Morgan fingerprint density at radius 1 is 1.00 bits per heavy atom. The van der Waals surface area contributed by atoms with Crippen LogP contribution in [-0.2, 0) is 16.0 Å². The van der Waals surface area contributed by atoms with Crippen molar-refractivity contribution in [3.63, 3.8) is 0 Å². The zero-order valence-corrected chi connectivity index (χ0v) is 15.4. The Labute approximate surface area is 162 Å². The van der Waals surface area contributed by atoms with Crippen LogP contribution in [0.5, 0.6) is 0 Å². The molecule has 0 unspecified atom stereocenters. The number of nitro benzene ring substituents is 1. The molecule has 0 bridgehead atoms. The summed E-state index contributed by atoms with van der Waals surface area (Å²) < 4.78 is 0. The highest BCUT2D eigenvalue weighted by molar-refractivity contribution is 6.16. The Kier molecular flexibility index (Phi) is 4.81. The molecule has 4 rings (SSSR count). The Hall–Kier alpha value is -3.22. The van der Waals surface area contributed by atoms with Crippen molar-refractivity contribution in [1.29, 1.82) is 0 Å². The van der Waals surface area contributed by atoms with E-state index in [9.17, 15) is 19.7 Å². The van der Waals surface area contributed by atoms with Gasteiger partial charge in [0.05, 0.1) is 16.7 Å². The highest BCUT2D eigenvalue weighted by Crippen LogP contribution is 2.37. The molecule has 2 aromatic carbocycles. The fraction of sp³-hybridized carbons (Fsp3) is 0.333. The number of hydrogen-bond acceptors (Lipinski definition) is 5. The first-order valence-electron chi connectivity index (χ1n) is 9.53. The number of hydrogen-bond donors (Lipinski definition) is 1. The molecule has 0 radical (unpaired) electrons. The van der Waals surface area contributed by atoms with Gasteiger partial charge in [0.1, 0.15) is 5.69 Å². The molecule has 2 amide bonds. The molecule has 1 heterocycles. The van der Waals surface area contributed by atoms with E-state index in [1.165, 1.54) is 11.6 Å². The zero-order valence-electron chi connectivity index (χ0n) is 15.4. The first-order valence-corrected chi connectivity index (χ1v) is 9.53. The molecule has 0 aromatic heterocycles. The van der Waals surface area contributed by atoms with E-state index in [1.54, 1.807) is 12.1 Å². The maximum atomic E-state index is 12.1. The van der Waals surface area contributed by atoms with Gasteiger partial charge in [0.25, 0.3) is 5.69 Å². The molecule has 2 aromatic rings. The molecular formula is C21H21N3O4. The van der Waals surface area contributed by atoms with Gasteiger partial charge < -0.3 is 5.32 Å². The fourth-order valence-electron chi connectivity index (χ4n) is 4.07. The zero-order chi connectivity index (χ0) is 19.7. The quantitative estimate of drug-likeness (QED) is 0.490. The third kappa shape index (κ3) is 3.35. The summed E-state index contributed by atoms with van der Waals surface area (Å²) in [4.78, 5) is 36.6. The summed E-state index contributed by atoms with van der Waals surface area (Å²) in [5, 5.41) is 15.0.